The molecule has 2 amide bonds. The van der Waals surface area contributed by atoms with Gasteiger partial charge in [0, 0.05) is 18.6 Å². The molecule has 154 valence electrons. The number of benzene rings is 3. The predicted octanol–water partition coefficient (Wildman–Crippen LogP) is 4.94. The van der Waals surface area contributed by atoms with Gasteiger partial charge in [-0.15, -0.1) is 0 Å². The molecule has 0 bridgehead atoms. The Bertz CT molecular complexity index is 1040. The van der Waals surface area contributed by atoms with Crippen LogP contribution < -0.4 is 10.1 Å². The van der Waals surface area contributed by atoms with E-state index in [0.717, 1.165) is 11.1 Å². The van der Waals surface area contributed by atoms with Gasteiger partial charge in [0.1, 0.15) is 5.75 Å². The lowest BCUT2D eigenvalue weighted by Gasteiger charge is -2.19. The maximum atomic E-state index is 12.9. The van der Waals surface area contributed by atoms with Crippen LogP contribution in [0.15, 0.2) is 72.8 Å². The van der Waals surface area contributed by atoms with E-state index in [1.807, 2.05) is 37.3 Å². The van der Waals surface area contributed by atoms with E-state index < -0.39 is 0 Å². The minimum absolute atomic E-state index is 0.176. The lowest BCUT2D eigenvalue weighted by atomic mass is 10.1. The first kappa shape index (κ1) is 21.4. The van der Waals surface area contributed by atoms with Gasteiger partial charge in [0.2, 0.25) is 0 Å². The number of hydrogen-bond acceptors (Lipinski definition) is 3. The molecule has 0 unspecified atom stereocenters. The number of anilines is 1. The molecular weight excluding hydrogens is 400 g/mol. The number of rotatable bonds is 7. The Balaban J connectivity index is 1.65. The molecule has 0 radical (unpaired) electrons. The number of carbonyl (C=O) groups excluding carboxylic acids is 2. The molecule has 0 spiro atoms. The Kier molecular flexibility index (Phi) is 7.09. The SMILES string of the molecule is Cc1cc(Cl)ccc1OCC(=O)Nc1ccccc1C(=O)N(C)Cc1ccccc1. The van der Waals surface area contributed by atoms with E-state index in [4.69, 9.17) is 16.3 Å². The molecule has 0 fully saturated rings. The summed E-state index contributed by atoms with van der Waals surface area (Å²) in [4.78, 5) is 27.0. The van der Waals surface area contributed by atoms with Crippen LogP contribution in [-0.2, 0) is 11.3 Å². The van der Waals surface area contributed by atoms with E-state index in [1.54, 1.807) is 54.4 Å². The molecule has 0 heterocycles. The summed E-state index contributed by atoms with van der Waals surface area (Å²) < 4.78 is 5.59. The van der Waals surface area contributed by atoms with Crippen LogP contribution in [0.4, 0.5) is 5.69 Å². The standard InChI is InChI=1S/C24H23ClN2O3/c1-17-14-19(25)12-13-22(17)30-16-23(28)26-21-11-7-6-10-20(21)24(29)27(2)15-18-8-4-3-5-9-18/h3-14H,15-16H2,1-2H3,(H,26,28). The van der Waals surface area contributed by atoms with Crippen LogP contribution in [0.5, 0.6) is 5.75 Å². The van der Waals surface area contributed by atoms with Gasteiger partial charge in [0.25, 0.3) is 11.8 Å². The molecule has 30 heavy (non-hydrogen) atoms. The molecule has 0 saturated carbocycles. The summed E-state index contributed by atoms with van der Waals surface area (Å²) >= 11 is 5.94. The highest BCUT2D eigenvalue weighted by Gasteiger charge is 2.17. The van der Waals surface area contributed by atoms with Gasteiger partial charge in [-0.1, -0.05) is 54.1 Å². The zero-order chi connectivity index (χ0) is 21.5. The second kappa shape index (κ2) is 9.94. The van der Waals surface area contributed by atoms with E-state index in [9.17, 15) is 9.59 Å². The topological polar surface area (TPSA) is 58.6 Å². The van der Waals surface area contributed by atoms with Crippen LogP contribution in [-0.4, -0.2) is 30.4 Å². The fourth-order valence-electron chi connectivity index (χ4n) is 3.02. The molecule has 1 N–H and O–H groups in total. The van der Waals surface area contributed by atoms with Crippen molar-refractivity contribution in [2.75, 3.05) is 19.0 Å². The number of para-hydroxylation sites is 1. The molecule has 3 aromatic carbocycles. The van der Waals surface area contributed by atoms with Crippen LogP contribution in [0.2, 0.25) is 5.02 Å². The van der Waals surface area contributed by atoms with E-state index in [1.165, 1.54) is 0 Å². The number of carbonyl (C=O) groups is 2. The first-order valence-electron chi connectivity index (χ1n) is 9.51. The first-order chi connectivity index (χ1) is 14.4. The zero-order valence-electron chi connectivity index (χ0n) is 16.9. The van der Waals surface area contributed by atoms with Gasteiger partial charge in [-0.2, -0.15) is 0 Å². The molecule has 5 nitrogen and oxygen atoms in total. The number of halogens is 1. The summed E-state index contributed by atoms with van der Waals surface area (Å²) in [5, 5.41) is 3.38. The molecule has 0 aliphatic carbocycles. The van der Waals surface area contributed by atoms with Crippen molar-refractivity contribution in [3.05, 3.63) is 94.5 Å². The molecule has 0 aromatic heterocycles. The van der Waals surface area contributed by atoms with Gasteiger partial charge in [-0.3, -0.25) is 9.59 Å². The minimum atomic E-state index is -0.352. The highest BCUT2D eigenvalue weighted by molar-refractivity contribution is 6.30. The maximum absolute atomic E-state index is 12.9. The van der Waals surface area contributed by atoms with E-state index >= 15 is 0 Å². The van der Waals surface area contributed by atoms with Crippen LogP contribution in [0.3, 0.4) is 0 Å². The summed E-state index contributed by atoms with van der Waals surface area (Å²) in [6.45, 7) is 2.15. The zero-order valence-corrected chi connectivity index (χ0v) is 17.6. The predicted molar refractivity (Wildman–Crippen MR) is 119 cm³/mol. The molecule has 0 atom stereocenters. The molecule has 3 aromatic rings. The molecule has 6 heteroatoms. The molecule has 0 saturated heterocycles. The smallest absolute Gasteiger partial charge is 0.262 e. The third-order valence-corrected chi connectivity index (χ3v) is 4.77. The van der Waals surface area contributed by atoms with Crippen molar-refractivity contribution in [3.63, 3.8) is 0 Å². The summed E-state index contributed by atoms with van der Waals surface area (Å²) in [5.74, 6) is 0.0565. The van der Waals surface area contributed by atoms with Gasteiger partial charge in [-0.05, 0) is 48.4 Å². The van der Waals surface area contributed by atoms with E-state index in [0.29, 0.717) is 28.6 Å². The number of ether oxygens (including phenoxy) is 1. The summed E-state index contributed by atoms with van der Waals surface area (Å²) in [7, 11) is 1.74. The number of aryl methyl sites for hydroxylation is 1. The van der Waals surface area contributed by atoms with Gasteiger partial charge in [0.15, 0.2) is 6.61 Å². The summed E-state index contributed by atoms with van der Waals surface area (Å²) in [5.41, 5.74) is 2.74. The third-order valence-electron chi connectivity index (χ3n) is 4.54. The molecule has 0 aliphatic heterocycles. The van der Waals surface area contributed by atoms with Crippen molar-refractivity contribution in [1.82, 2.24) is 4.90 Å². The van der Waals surface area contributed by atoms with Crippen LogP contribution in [0.1, 0.15) is 21.5 Å². The lowest BCUT2D eigenvalue weighted by Crippen LogP contribution is -2.28. The first-order valence-corrected chi connectivity index (χ1v) is 9.89. The Labute approximate surface area is 181 Å². The Morgan fingerprint density at radius 3 is 2.43 bits per heavy atom. The largest absolute Gasteiger partial charge is 0.483 e. The number of nitrogens with zero attached hydrogens (tertiary/aromatic N) is 1. The Morgan fingerprint density at radius 2 is 1.70 bits per heavy atom. The van der Waals surface area contributed by atoms with E-state index in [-0.39, 0.29) is 18.4 Å². The fourth-order valence-corrected chi connectivity index (χ4v) is 3.24. The number of hydrogen-bond donors (Lipinski definition) is 1. The van der Waals surface area contributed by atoms with Crippen molar-refractivity contribution < 1.29 is 14.3 Å². The quantitative estimate of drug-likeness (QED) is 0.586. The summed E-state index contributed by atoms with van der Waals surface area (Å²) in [6, 6.07) is 21.9. The molecular formula is C24H23ClN2O3. The van der Waals surface area contributed by atoms with Crippen molar-refractivity contribution in [2.24, 2.45) is 0 Å². The van der Waals surface area contributed by atoms with Gasteiger partial charge < -0.3 is 15.0 Å². The average Bonchev–Trinajstić information content (AvgIpc) is 2.73. The van der Waals surface area contributed by atoms with E-state index in [2.05, 4.69) is 5.32 Å². The van der Waals surface area contributed by atoms with Crippen LogP contribution in [0.25, 0.3) is 0 Å². The average molecular weight is 423 g/mol. The van der Waals surface area contributed by atoms with Crippen molar-refractivity contribution >= 4 is 29.1 Å². The second-order valence-electron chi connectivity index (χ2n) is 6.94. The van der Waals surface area contributed by atoms with Gasteiger partial charge >= 0.3 is 0 Å². The highest BCUT2D eigenvalue weighted by atomic mass is 35.5. The monoisotopic (exact) mass is 422 g/mol. The van der Waals surface area contributed by atoms with Crippen molar-refractivity contribution in [1.29, 1.82) is 0 Å². The number of amides is 2. The third kappa shape index (κ3) is 5.61. The number of nitrogens with one attached hydrogen (secondary N) is 1. The second-order valence-corrected chi connectivity index (χ2v) is 7.38. The van der Waals surface area contributed by atoms with Gasteiger partial charge in [-0.25, -0.2) is 0 Å². The normalized spacial score (nSPS) is 10.4. The van der Waals surface area contributed by atoms with Crippen LogP contribution in [0, 0.1) is 6.92 Å². The summed E-state index contributed by atoms with van der Waals surface area (Å²) in [6.07, 6.45) is 0. The fraction of sp³-hybridized carbons (Fsp3) is 0.167. The van der Waals surface area contributed by atoms with Crippen molar-refractivity contribution in [3.8, 4) is 5.75 Å². The Morgan fingerprint density at radius 1 is 1.00 bits per heavy atom. The lowest BCUT2D eigenvalue weighted by molar-refractivity contribution is -0.118. The molecule has 3 rings (SSSR count). The Hall–Kier alpha value is -3.31. The maximum Gasteiger partial charge on any atom is 0.262 e. The minimum Gasteiger partial charge on any atom is -0.483 e. The highest BCUT2D eigenvalue weighted by Crippen LogP contribution is 2.22. The van der Waals surface area contributed by atoms with Crippen LogP contribution >= 0.6 is 11.6 Å². The van der Waals surface area contributed by atoms with Crippen molar-refractivity contribution in [2.45, 2.75) is 13.5 Å². The molecule has 0 aliphatic rings. The van der Waals surface area contributed by atoms with Gasteiger partial charge in [0.05, 0.1) is 11.3 Å².